The van der Waals surface area contributed by atoms with Gasteiger partial charge in [0.1, 0.15) is 11.5 Å². The summed E-state index contributed by atoms with van der Waals surface area (Å²) in [5.74, 6) is 0.954. The number of carbonyl (C=O) groups is 1. The van der Waals surface area contributed by atoms with E-state index in [0.717, 1.165) is 5.75 Å². The van der Waals surface area contributed by atoms with E-state index < -0.39 is 11.6 Å². The van der Waals surface area contributed by atoms with Crippen LogP contribution in [-0.4, -0.2) is 18.2 Å². The van der Waals surface area contributed by atoms with E-state index in [2.05, 4.69) is 4.74 Å². The van der Waals surface area contributed by atoms with Crippen molar-refractivity contribution in [1.82, 2.24) is 0 Å². The summed E-state index contributed by atoms with van der Waals surface area (Å²) < 4.78 is 10.3. The standard InChI is InChI=1S/C17H18O4/c1-17(19,12-16(18)20-2)13-8-10-15(11-9-13)21-14-6-4-3-5-7-14/h3-11,19H,12H2,1-2H3. The van der Waals surface area contributed by atoms with Crippen LogP contribution in [0.4, 0.5) is 0 Å². The summed E-state index contributed by atoms with van der Waals surface area (Å²) >= 11 is 0. The maximum Gasteiger partial charge on any atom is 0.308 e. The van der Waals surface area contributed by atoms with Crippen LogP contribution in [0.5, 0.6) is 11.5 Å². The van der Waals surface area contributed by atoms with Gasteiger partial charge in [-0.05, 0) is 36.8 Å². The van der Waals surface area contributed by atoms with Crippen LogP contribution in [0.15, 0.2) is 54.6 Å². The number of benzene rings is 2. The molecule has 0 saturated carbocycles. The predicted octanol–water partition coefficient (Wildman–Crippen LogP) is 3.25. The Kier molecular flexibility index (Phi) is 4.60. The fourth-order valence-electron chi connectivity index (χ4n) is 1.96. The van der Waals surface area contributed by atoms with Gasteiger partial charge in [0.2, 0.25) is 0 Å². The van der Waals surface area contributed by atoms with E-state index in [4.69, 9.17) is 4.74 Å². The van der Waals surface area contributed by atoms with Crippen molar-refractivity contribution in [2.75, 3.05) is 7.11 Å². The van der Waals surface area contributed by atoms with Crippen LogP contribution in [0, 0.1) is 0 Å². The van der Waals surface area contributed by atoms with Crippen molar-refractivity contribution in [3.8, 4) is 11.5 Å². The Morgan fingerprint density at radius 1 is 1.05 bits per heavy atom. The van der Waals surface area contributed by atoms with Crippen molar-refractivity contribution in [2.45, 2.75) is 18.9 Å². The maximum atomic E-state index is 11.3. The van der Waals surface area contributed by atoms with Gasteiger partial charge in [-0.2, -0.15) is 0 Å². The van der Waals surface area contributed by atoms with Crippen molar-refractivity contribution in [2.24, 2.45) is 0 Å². The van der Waals surface area contributed by atoms with E-state index in [1.165, 1.54) is 7.11 Å². The van der Waals surface area contributed by atoms with Crippen molar-refractivity contribution >= 4 is 5.97 Å². The molecular formula is C17H18O4. The van der Waals surface area contributed by atoms with Crippen LogP contribution < -0.4 is 4.74 Å². The highest BCUT2D eigenvalue weighted by Crippen LogP contribution is 2.28. The molecule has 2 aromatic rings. The Bertz CT molecular complexity index is 588. The first-order valence-corrected chi connectivity index (χ1v) is 6.64. The molecule has 2 aromatic carbocycles. The van der Waals surface area contributed by atoms with Gasteiger partial charge < -0.3 is 14.6 Å². The van der Waals surface area contributed by atoms with Gasteiger partial charge in [-0.1, -0.05) is 30.3 Å². The van der Waals surface area contributed by atoms with E-state index in [0.29, 0.717) is 11.3 Å². The quantitative estimate of drug-likeness (QED) is 0.857. The number of rotatable bonds is 5. The van der Waals surface area contributed by atoms with Crippen molar-refractivity contribution in [1.29, 1.82) is 0 Å². The molecule has 2 rings (SSSR count). The normalized spacial score (nSPS) is 13.3. The van der Waals surface area contributed by atoms with Crippen molar-refractivity contribution < 1.29 is 19.4 Å². The van der Waals surface area contributed by atoms with Gasteiger partial charge in [-0.25, -0.2) is 0 Å². The van der Waals surface area contributed by atoms with E-state index >= 15 is 0 Å². The highest BCUT2D eigenvalue weighted by atomic mass is 16.5. The molecule has 0 aromatic heterocycles. The van der Waals surface area contributed by atoms with Gasteiger partial charge in [0.15, 0.2) is 0 Å². The molecule has 0 aliphatic rings. The third-order valence-corrected chi connectivity index (χ3v) is 3.17. The number of para-hydroxylation sites is 1. The second kappa shape index (κ2) is 6.41. The lowest BCUT2D eigenvalue weighted by Crippen LogP contribution is -2.25. The van der Waals surface area contributed by atoms with E-state index in [1.807, 2.05) is 30.3 Å². The zero-order valence-electron chi connectivity index (χ0n) is 12.1. The second-order valence-electron chi connectivity index (χ2n) is 4.97. The molecule has 0 bridgehead atoms. The lowest BCUT2D eigenvalue weighted by Gasteiger charge is -2.22. The van der Waals surface area contributed by atoms with E-state index in [9.17, 15) is 9.90 Å². The largest absolute Gasteiger partial charge is 0.469 e. The molecule has 1 N–H and O–H groups in total. The number of hydrogen-bond donors (Lipinski definition) is 1. The molecule has 0 saturated heterocycles. The Morgan fingerprint density at radius 2 is 1.62 bits per heavy atom. The lowest BCUT2D eigenvalue weighted by atomic mass is 9.92. The summed E-state index contributed by atoms with van der Waals surface area (Å²) in [6.45, 7) is 1.58. The molecular weight excluding hydrogens is 268 g/mol. The number of carbonyl (C=O) groups excluding carboxylic acids is 1. The zero-order valence-corrected chi connectivity index (χ0v) is 12.1. The molecule has 0 aliphatic heterocycles. The van der Waals surface area contributed by atoms with Crippen LogP contribution in [0.25, 0.3) is 0 Å². The first-order chi connectivity index (χ1) is 10.0. The molecule has 1 atom stereocenters. The molecule has 0 radical (unpaired) electrons. The molecule has 0 fully saturated rings. The van der Waals surface area contributed by atoms with Crippen LogP contribution in [0.1, 0.15) is 18.9 Å². The first-order valence-electron chi connectivity index (χ1n) is 6.64. The third kappa shape index (κ3) is 4.07. The minimum absolute atomic E-state index is 0.0949. The number of aliphatic hydroxyl groups is 1. The Balaban J connectivity index is 2.09. The summed E-state index contributed by atoms with van der Waals surface area (Å²) in [4.78, 5) is 11.3. The van der Waals surface area contributed by atoms with E-state index in [-0.39, 0.29) is 6.42 Å². The highest BCUT2D eigenvalue weighted by molar-refractivity contribution is 5.70. The molecule has 21 heavy (non-hydrogen) atoms. The summed E-state index contributed by atoms with van der Waals surface area (Å²) in [7, 11) is 1.30. The van der Waals surface area contributed by atoms with E-state index in [1.54, 1.807) is 31.2 Å². The first kappa shape index (κ1) is 15.1. The predicted molar refractivity (Wildman–Crippen MR) is 79.2 cm³/mol. The Morgan fingerprint density at radius 3 is 2.19 bits per heavy atom. The number of esters is 1. The van der Waals surface area contributed by atoms with Gasteiger partial charge in [0.25, 0.3) is 0 Å². The fourth-order valence-corrected chi connectivity index (χ4v) is 1.96. The smallest absolute Gasteiger partial charge is 0.308 e. The monoisotopic (exact) mass is 286 g/mol. The Labute approximate surface area is 123 Å². The number of ether oxygens (including phenoxy) is 2. The van der Waals surface area contributed by atoms with Crippen LogP contribution in [0.2, 0.25) is 0 Å². The van der Waals surface area contributed by atoms with Gasteiger partial charge in [-0.3, -0.25) is 4.79 Å². The molecule has 0 spiro atoms. The molecule has 0 heterocycles. The van der Waals surface area contributed by atoms with Crippen LogP contribution in [0.3, 0.4) is 0 Å². The van der Waals surface area contributed by atoms with Gasteiger partial charge in [0, 0.05) is 0 Å². The van der Waals surface area contributed by atoms with Gasteiger partial charge >= 0.3 is 5.97 Å². The molecule has 4 heteroatoms. The minimum Gasteiger partial charge on any atom is -0.469 e. The summed E-state index contributed by atoms with van der Waals surface area (Å²) in [6.07, 6.45) is -0.0949. The summed E-state index contributed by atoms with van der Waals surface area (Å²) in [6, 6.07) is 16.4. The van der Waals surface area contributed by atoms with Gasteiger partial charge in [0.05, 0.1) is 19.1 Å². The highest BCUT2D eigenvalue weighted by Gasteiger charge is 2.27. The molecule has 110 valence electrons. The summed E-state index contributed by atoms with van der Waals surface area (Å²) in [5, 5.41) is 10.3. The maximum absolute atomic E-state index is 11.3. The summed E-state index contributed by atoms with van der Waals surface area (Å²) in [5.41, 5.74) is -0.633. The molecule has 1 unspecified atom stereocenters. The average molecular weight is 286 g/mol. The third-order valence-electron chi connectivity index (χ3n) is 3.17. The topological polar surface area (TPSA) is 55.8 Å². The Hall–Kier alpha value is -2.33. The average Bonchev–Trinajstić information content (AvgIpc) is 2.48. The van der Waals surface area contributed by atoms with Crippen LogP contribution >= 0.6 is 0 Å². The van der Waals surface area contributed by atoms with Crippen molar-refractivity contribution in [3.63, 3.8) is 0 Å². The SMILES string of the molecule is COC(=O)CC(C)(O)c1ccc(Oc2ccccc2)cc1. The lowest BCUT2D eigenvalue weighted by molar-refractivity contribution is -0.145. The van der Waals surface area contributed by atoms with Crippen LogP contribution in [-0.2, 0) is 15.1 Å². The minimum atomic E-state index is -1.27. The number of hydrogen-bond acceptors (Lipinski definition) is 4. The fraction of sp³-hybridized carbons (Fsp3) is 0.235. The molecule has 4 nitrogen and oxygen atoms in total. The number of methoxy groups -OCH3 is 1. The van der Waals surface area contributed by atoms with Crippen molar-refractivity contribution in [3.05, 3.63) is 60.2 Å². The van der Waals surface area contributed by atoms with Gasteiger partial charge in [-0.15, -0.1) is 0 Å². The zero-order chi connectivity index (χ0) is 15.3. The molecule has 0 amide bonds. The second-order valence-corrected chi connectivity index (χ2v) is 4.97. The molecule has 0 aliphatic carbocycles.